The Morgan fingerprint density at radius 3 is 2.21 bits per heavy atom. The second kappa shape index (κ2) is 10.9. The Morgan fingerprint density at radius 1 is 0.947 bits per heavy atom. The van der Waals surface area contributed by atoms with Crippen LogP contribution < -0.4 is 9.64 Å². The second-order valence-electron chi connectivity index (χ2n) is 9.57. The summed E-state index contributed by atoms with van der Waals surface area (Å²) in [6, 6.07) is 18.5. The largest absolute Gasteiger partial charge is 0.507 e. The van der Waals surface area contributed by atoms with Gasteiger partial charge in [0.2, 0.25) is 0 Å². The average molecular weight is 554 g/mol. The van der Waals surface area contributed by atoms with Gasteiger partial charge < -0.3 is 14.6 Å². The topological polar surface area (TPSA) is 93.1 Å². The first-order chi connectivity index (χ1) is 18.0. The number of amides is 1. The van der Waals surface area contributed by atoms with Crippen LogP contribution >= 0.6 is 23.2 Å². The van der Waals surface area contributed by atoms with E-state index < -0.39 is 35.9 Å². The van der Waals surface area contributed by atoms with Crippen molar-refractivity contribution in [1.82, 2.24) is 0 Å². The van der Waals surface area contributed by atoms with Crippen LogP contribution in [0.15, 0.2) is 78.4 Å². The smallest absolute Gasteiger partial charge is 0.344 e. The first-order valence-electron chi connectivity index (χ1n) is 11.7. The molecule has 9 heteroatoms. The minimum absolute atomic E-state index is 0.110. The van der Waals surface area contributed by atoms with Crippen LogP contribution in [-0.4, -0.2) is 35.0 Å². The van der Waals surface area contributed by atoms with Gasteiger partial charge >= 0.3 is 5.97 Å². The number of ketones is 1. The Bertz CT molecular complexity index is 1410. The summed E-state index contributed by atoms with van der Waals surface area (Å²) in [6.45, 7) is 4.76. The average Bonchev–Trinajstić information content (AvgIpc) is 3.13. The van der Waals surface area contributed by atoms with Crippen molar-refractivity contribution in [1.29, 1.82) is 0 Å². The summed E-state index contributed by atoms with van der Waals surface area (Å²) in [5, 5.41) is 11.9. The molecule has 0 radical (unpaired) electrons. The lowest BCUT2D eigenvalue weighted by Gasteiger charge is -2.27. The molecule has 0 spiro atoms. The van der Waals surface area contributed by atoms with Gasteiger partial charge in [0.1, 0.15) is 17.1 Å². The maximum Gasteiger partial charge on any atom is 0.344 e. The number of esters is 1. The maximum atomic E-state index is 13.5. The lowest BCUT2D eigenvalue weighted by Crippen LogP contribution is -2.31. The molecular formula is C29H25Cl2NO6. The molecule has 3 aromatic rings. The summed E-state index contributed by atoms with van der Waals surface area (Å²) in [4.78, 5) is 40.4. The van der Waals surface area contributed by atoms with E-state index in [1.54, 1.807) is 75.4 Å². The summed E-state index contributed by atoms with van der Waals surface area (Å²) in [5.41, 5.74) is 0.215. The summed E-state index contributed by atoms with van der Waals surface area (Å²) in [6.07, 6.45) is 0. The second-order valence-corrected chi connectivity index (χ2v) is 10.4. The highest BCUT2D eigenvalue weighted by Gasteiger charge is 2.48. The molecule has 3 aromatic carbocycles. The van der Waals surface area contributed by atoms with Crippen molar-refractivity contribution >= 4 is 52.3 Å². The fourth-order valence-corrected chi connectivity index (χ4v) is 4.39. The number of nitrogens with zero attached hydrogens (tertiary/aromatic N) is 1. The zero-order valence-corrected chi connectivity index (χ0v) is 22.4. The number of aliphatic hydroxyl groups is 1. The Morgan fingerprint density at radius 2 is 1.58 bits per heavy atom. The van der Waals surface area contributed by atoms with Gasteiger partial charge in [-0.25, -0.2) is 4.79 Å². The van der Waals surface area contributed by atoms with Gasteiger partial charge in [-0.3, -0.25) is 14.5 Å². The Balaban J connectivity index is 1.84. The Kier molecular flexibility index (Phi) is 7.81. The third kappa shape index (κ3) is 5.85. The number of rotatable bonds is 6. The SMILES string of the molecule is CC(C)(C)OC(=O)COc1ccc(Cl)cc1N1C(=O)C(=O)C(=C(O)c2ccccc2)C1c1ccc(Cl)cc1. The molecule has 1 unspecified atom stereocenters. The van der Waals surface area contributed by atoms with Crippen LogP contribution in [0.5, 0.6) is 5.75 Å². The molecule has 0 aromatic heterocycles. The molecular weight excluding hydrogens is 529 g/mol. The van der Waals surface area contributed by atoms with Crippen molar-refractivity contribution in [3.05, 3.63) is 99.5 Å². The number of aliphatic hydroxyl groups excluding tert-OH is 1. The minimum atomic E-state index is -1.03. The van der Waals surface area contributed by atoms with Gasteiger partial charge in [0.15, 0.2) is 6.61 Å². The van der Waals surface area contributed by atoms with E-state index in [9.17, 15) is 19.5 Å². The molecule has 7 nitrogen and oxygen atoms in total. The lowest BCUT2D eigenvalue weighted by atomic mass is 9.95. The van der Waals surface area contributed by atoms with E-state index in [1.807, 2.05) is 0 Å². The summed E-state index contributed by atoms with van der Waals surface area (Å²) in [5.74, 6) is -2.60. The fourth-order valence-electron chi connectivity index (χ4n) is 4.10. The van der Waals surface area contributed by atoms with Crippen LogP contribution in [0.1, 0.15) is 37.9 Å². The molecule has 1 saturated heterocycles. The monoisotopic (exact) mass is 553 g/mol. The van der Waals surface area contributed by atoms with Crippen LogP contribution in [0.4, 0.5) is 5.69 Å². The van der Waals surface area contributed by atoms with E-state index in [0.717, 1.165) is 0 Å². The van der Waals surface area contributed by atoms with Gasteiger partial charge in [-0.05, 0) is 56.7 Å². The van der Waals surface area contributed by atoms with Gasteiger partial charge in [-0.15, -0.1) is 0 Å². The Labute approximate surface area is 230 Å². The molecule has 1 amide bonds. The van der Waals surface area contributed by atoms with Crippen molar-refractivity contribution in [3.8, 4) is 5.75 Å². The van der Waals surface area contributed by atoms with Crippen LogP contribution in [0.3, 0.4) is 0 Å². The molecule has 1 aliphatic rings. The Hall–Kier alpha value is -3.81. The third-order valence-corrected chi connectivity index (χ3v) is 6.11. The van der Waals surface area contributed by atoms with Crippen molar-refractivity contribution < 1.29 is 29.0 Å². The van der Waals surface area contributed by atoms with Gasteiger partial charge in [-0.1, -0.05) is 65.7 Å². The van der Waals surface area contributed by atoms with Gasteiger partial charge in [0.05, 0.1) is 17.3 Å². The first-order valence-corrected chi connectivity index (χ1v) is 12.5. The standard InChI is InChI=1S/C29H25Cl2NO6/c1-29(2,3)38-23(33)16-37-22-14-13-20(31)15-21(22)32-25(17-9-11-19(30)12-10-17)24(27(35)28(32)36)26(34)18-7-5-4-6-8-18/h4-15,25,34H,16H2,1-3H3. The number of benzene rings is 3. The molecule has 1 N–H and O–H groups in total. The normalized spacial score (nSPS) is 17.0. The highest BCUT2D eigenvalue weighted by atomic mass is 35.5. The first kappa shape index (κ1) is 27.2. The number of carbonyl (C=O) groups excluding carboxylic acids is 3. The molecule has 0 bridgehead atoms. The van der Waals surface area contributed by atoms with Crippen LogP contribution in [0.25, 0.3) is 5.76 Å². The van der Waals surface area contributed by atoms with E-state index in [1.165, 1.54) is 23.1 Å². The predicted molar refractivity (Wildman–Crippen MR) is 145 cm³/mol. The highest BCUT2D eigenvalue weighted by Crippen LogP contribution is 2.46. The van der Waals surface area contributed by atoms with Crippen molar-refractivity contribution in [2.45, 2.75) is 32.4 Å². The number of halogens is 2. The molecule has 1 aliphatic heterocycles. The summed E-state index contributed by atoms with van der Waals surface area (Å²) < 4.78 is 11.0. The lowest BCUT2D eigenvalue weighted by molar-refractivity contribution is -0.157. The van der Waals surface area contributed by atoms with Crippen LogP contribution in [0.2, 0.25) is 10.0 Å². The van der Waals surface area contributed by atoms with Crippen LogP contribution in [0, 0.1) is 0 Å². The molecule has 0 saturated carbocycles. The number of carbonyl (C=O) groups is 3. The van der Waals surface area contributed by atoms with E-state index in [-0.39, 0.29) is 27.8 Å². The molecule has 196 valence electrons. The van der Waals surface area contributed by atoms with Gasteiger partial charge in [0.25, 0.3) is 11.7 Å². The number of Topliss-reactive ketones (excluding diaryl/α,β-unsaturated/α-hetero) is 1. The molecule has 0 aliphatic carbocycles. The maximum absolute atomic E-state index is 13.5. The zero-order chi connectivity index (χ0) is 27.6. The van der Waals surface area contributed by atoms with Crippen molar-refractivity contribution in [3.63, 3.8) is 0 Å². The van der Waals surface area contributed by atoms with Crippen LogP contribution in [-0.2, 0) is 19.1 Å². The minimum Gasteiger partial charge on any atom is -0.507 e. The number of anilines is 1. The van der Waals surface area contributed by atoms with E-state index >= 15 is 0 Å². The van der Waals surface area contributed by atoms with Crippen molar-refractivity contribution in [2.75, 3.05) is 11.5 Å². The van der Waals surface area contributed by atoms with Gasteiger partial charge in [0, 0.05) is 15.6 Å². The predicted octanol–water partition coefficient (Wildman–Crippen LogP) is 6.34. The van der Waals surface area contributed by atoms with E-state index in [0.29, 0.717) is 16.1 Å². The summed E-state index contributed by atoms with van der Waals surface area (Å²) >= 11 is 12.4. The zero-order valence-electron chi connectivity index (χ0n) is 20.9. The van der Waals surface area contributed by atoms with Crippen molar-refractivity contribution in [2.24, 2.45) is 0 Å². The number of hydrogen-bond donors (Lipinski definition) is 1. The third-order valence-electron chi connectivity index (χ3n) is 5.62. The molecule has 1 fully saturated rings. The quantitative estimate of drug-likeness (QED) is 0.166. The van der Waals surface area contributed by atoms with Gasteiger partial charge in [-0.2, -0.15) is 0 Å². The van der Waals surface area contributed by atoms with E-state index in [2.05, 4.69) is 0 Å². The highest BCUT2D eigenvalue weighted by molar-refractivity contribution is 6.52. The molecule has 38 heavy (non-hydrogen) atoms. The molecule has 4 rings (SSSR count). The fraction of sp³-hybridized carbons (Fsp3) is 0.207. The molecule has 1 heterocycles. The number of ether oxygens (including phenoxy) is 2. The molecule has 1 atom stereocenters. The summed E-state index contributed by atoms with van der Waals surface area (Å²) in [7, 11) is 0. The van der Waals surface area contributed by atoms with E-state index in [4.69, 9.17) is 32.7 Å². The number of hydrogen-bond acceptors (Lipinski definition) is 6.